The fraction of sp³-hybridized carbons (Fsp3) is 0.750. The minimum absolute atomic E-state index is 0. The lowest BCUT2D eigenvalue weighted by atomic mass is 10.3. The molecule has 0 bridgehead atoms. The standard InChI is InChI=1S/C12H25N3S.HI/c1-5-7-9-15(4)12(13-3)14-8-11-16-10-6-2;/h6H,2,5,7-11H2,1,3-4H3,(H,13,14);1H. The van der Waals surface area contributed by atoms with E-state index in [4.69, 9.17) is 0 Å². The maximum atomic E-state index is 4.26. The van der Waals surface area contributed by atoms with Crippen LogP contribution in [0.15, 0.2) is 17.6 Å². The van der Waals surface area contributed by atoms with Crippen molar-refractivity contribution in [3.63, 3.8) is 0 Å². The fourth-order valence-corrected chi connectivity index (χ4v) is 1.87. The second-order valence-corrected chi connectivity index (χ2v) is 4.76. The Bertz CT molecular complexity index is 210. The van der Waals surface area contributed by atoms with Gasteiger partial charge in [-0.2, -0.15) is 11.8 Å². The van der Waals surface area contributed by atoms with Gasteiger partial charge in [0.1, 0.15) is 0 Å². The summed E-state index contributed by atoms with van der Waals surface area (Å²) in [6, 6.07) is 0. The first-order valence-electron chi connectivity index (χ1n) is 5.86. The van der Waals surface area contributed by atoms with Crippen molar-refractivity contribution in [2.75, 3.05) is 38.7 Å². The van der Waals surface area contributed by atoms with Crippen molar-refractivity contribution in [3.05, 3.63) is 12.7 Å². The maximum Gasteiger partial charge on any atom is 0.193 e. The Morgan fingerprint density at radius 3 is 2.76 bits per heavy atom. The summed E-state index contributed by atoms with van der Waals surface area (Å²) in [7, 11) is 3.92. The molecule has 0 spiro atoms. The van der Waals surface area contributed by atoms with Crippen LogP contribution in [-0.2, 0) is 0 Å². The van der Waals surface area contributed by atoms with Crippen molar-refractivity contribution in [1.29, 1.82) is 0 Å². The average molecular weight is 371 g/mol. The van der Waals surface area contributed by atoms with E-state index in [1.165, 1.54) is 12.8 Å². The van der Waals surface area contributed by atoms with Gasteiger partial charge in [0.05, 0.1) is 0 Å². The first kappa shape index (κ1) is 19.4. The van der Waals surface area contributed by atoms with Crippen LogP contribution >= 0.6 is 35.7 Å². The minimum Gasteiger partial charge on any atom is -0.355 e. The Balaban J connectivity index is 0. The number of hydrogen-bond donors (Lipinski definition) is 1. The number of nitrogens with zero attached hydrogens (tertiary/aromatic N) is 2. The van der Waals surface area contributed by atoms with E-state index >= 15 is 0 Å². The molecular formula is C12H26IN3S. The van der Waals surface area contributed by atoms with Gasteiger partial charge >= 0.3 is 0 Å². The molecule has 102 valence electrons. The molecular weight excluding hydrogens is 345 g/mol. The quantitative estimate of drug-likeness (QED) is 0.234. The molecule has 0 heterocycles. The Labute approximate surface area is 128 Å². The van der Waals surface area contributed by atoms with Crippen molar-refractivity contribution in [2.24, 2.45) is 4.99 Å². The van der Waals surface area contributed by atoms with Crippen molar-refractivity contribution < 1.29 is 0 Å². The normalized spacial score (nSPS) is 10.6. The van der Waals surface area contributed by atoms with Crippen molar-refractivity contribution >= 4 is 41.7 Å². The number of guanidine groups is 1. The molecule has 0 aromatic rings. The van der Waals surface area contributed by atoms with Crippen LogP contribution in [-0.4, -0.2) is 49.6 Å². The van der Waals surface area contributed by atoms with E-state index in [1.54, 1.807) is 0 Å². The molecule has 0 aliphatic carbocycles. The Morgan fingerprint density at radius 2 is 2.24 bits per heavy atom. The van der Waals surface area contributed by atoms with Crippen LogP contribution < -0.4 is 5.32 Å². The molecule has 0 atom stereocenters. The van der Waals surface area contributed by atoms with Crippen molar-refractivity contribution in [2.45, 2.75) is 19.8 Å². The number of aliphatic imine (C=N–C) groups is 1. The molecule has 0 rings (SSSR count). The molecule has 1 N–H and O–H groups in total. The molecule has 0 aromatic carbocycles. The highest BCUT2D eigenvalue weighted by molar-refractivity contribution is 14.0. The summed E-state index contributed by atoms with van der Waals surface area (Å²) in [5.41, 5.74) is 0. The summed E-state index contributed by atoms with van der Waals surface area (Å²) in [5.74, 6) is 3.10. The predicted octanol–water partition coefficient (Wildman–Crippen LogP) is 2.83. The molecule has 0 fully saturated rings. The van der Waals surface area contributed by atoms with Gasteiger partial charge in [-0.05, 0) is 6.42 Å². The van der Waals surface area contributed by atoms with Crippen LogP contribution in [0.1, 0.15) is 19.8 Å². The zero-order valence-electron chi connectivity index (χ0n) is 11.2. The molecule has 5 heteroatoms. The average Bonchev–Trinajstić information content (AvgIpc) is 2.31. The van der Waals surface area contributed by atoms with Crippen LogP contribution in [0.25, 0.3) is 0 Å². The number of unbranched alkanes of at least 4 members (excludes halogenated alkanes) is 1. The van der Waals surface area contributed by atoms with Gasteiger partial charge in [0.2, 0.25) is 0 Å². The number of rotatable bonds is 8. The smallest absolute Gasteiger partial charge is 0.193 e. The Hall–Kier alpha value is 0.0900. The molecule has 0 unspecified atom stereocenters. The number of thioether (sulfide) groups is 1. The summed E-state index contributed by atoms with van der Waals surface area (Å²) in [5, 5.41) is 3.36. The van der Waals surface area contributed by atoms with Gasteiger partial charge in [0.25, 0.3) is 0 Å². The third-order valence-electron chi connectivity index (χ3n) is 2.19. The lowest BCUT2D eigenvalue weighted by Gasteiger charge is -2.21. The first-order valence-corrected chi connectivity index (χ1v) is 7.02. The molecule has 0 aliphatic rings. The van der Waals surface area contributed by atoms with E-state index in [9.17, 15) is 0 Å². The molecule has 3 nitrogen and oxygen atoms in total. The van der Waals surface area contributed by atoms with Crippen LogP contribution in [0.4, 0.5) is 0 Å². The maximum absolute atomic E-state index is 4.26. The second-order valence-electron chi connectivity index (χ2n) is 3.61. The topological polar surface area (TPSA) is 27.6 Å². The third kappa shape index (κ3) is 10.9. The van der Waals surface area contributed by atoms with Gasteiger partial charge < -0.3 is 10.2 Å². The highest BCUT2D eigenvalue weighted by Crippen LogP contribution is 1.98. The van der Waals surface area contributed by atoms with E-state index in [0.29, 0.717) is 0 Å². The van der Waals surface area contributed by atoms with Crippen LogP contribution in [0.5, 0.6) is 0 Å². The zero-order chi connectivity index (χ0) is 12.2. The SMILES string of the molecule is C=CCSCCNC(=NC)N(C)CCCC.I. The minimum atomic E-state index is 0. The zero-order valence-corrected chi connectivity index (χ0v) is 14.4. The van der Waals surface area contributed by atoms with E-state index in [2.05, 4.69) is 35.8 Å². The van der Waals surface area contributed by atoms with E-state index in [1.807, 2.05) is 24.9 Å². The predicted molar refractivity (Wildman–Crippen MR) is 91.8 cm³/mol. The lowest BCUT2D eigenvalue weighted by Crippen LogP contribution is -2.40. The molecule has 0 saturated heterocycles. The second kappa shape index (κ2) is 14.2. The highest BCUT2D eigenvalue weighted by atomic mass is 127. The molecule has 0 amide bonds. The van der Waals surface area contributed by atoms with E-state index < -0.39 is 0 Å². The monoisotopic (exact) mass is 371 g/mol. The summed E-state index contributed by atoms with van der Waals surface area (Å²) in [4.78, 5) is 6.44. The van der Waals surface area contributed by atoms with E-state index in [0.717, 1.165) is 30.6 Å². The van der Waals surface area contributed by atoms with Crippen LogP contribution in [0.2, 0.25) is 0 Å². The summed E-state index contributed by atoms with van der Waals surface area (Å²) in [6.07, 6.45) is 4.37. The van der Waals surface area contributed by atoms with Crippen molar-refractivity contribution in [1.82, 2.24) is 10.2 Å². The third-order valence-corrected chi connectivity index (χ3v) is 3.15. The summed E-state index contributed by atoms with van der Waals surface area (Å²) in [6.45, 7) is 7.93. The first-order chi connectivity index (χ1) is 7.76. The van der Waals surface area contributed by atoms with Gasteiger partial charge in [-0.1, -0.05) is 19.4 Å². The van der Waals surface area contributed by atoms with Gasteiger partial charge in [-0.25, -0.2) is 0 Å². The molecule has 0 saturated carbocycles. The van der Waals surface area contributed by atoms with Gasteiger partial charge in [0, 0.05) is 38.7 Å². The molecule has 17 heavy (non-hydrogen) atoms. The van der Waals surface area contributed by atoms with Crippen molar-refractivity contribution in [3.8, 4) is 0 Å². The fourth-order valence-electron chi connectivity index (χ4n) is 1.29. The highest BCUT2D eigenvalue weighted by Gasteiger charge is 2.03. The molecule has 0 radical (unpaired) electrons. The lowest BCUT2D eigenvalue weighted by molar-refractivity contribution is 0.467. The summed E-state index contributed by atoms with van der Waals surface area (Å²) >= 11 is 1.88. The number of halogens is 1. The number of hydrogen-bond acceptors (Lipinski definition) is 2. The summed E-state index contributed by atoms with van der Waals surface area (Å²) < 4.78 is 0. The Kier molecular flexibility index (Phi) is 16.2. The van der Waals surface area contributed by atoms with Gasteiger partial charge in [-0.15, -0.1) is 30.6 Å². The van der Waals surface area contributed by atoms with E-state index in [-0.39, 0.29) is 24.0 Å². The van der Waals surface area contributed by atoms with Gasteiger partial charge in [0.15, 0.2) is 5.96 Å². The number of nitrogens with one attached hydrogen (secondary N) is 1. The molecule has 0 aliphatic heterocycles. The van der Waals surface area contributed by atoms with Gasteiger partial charge in [-0.3, -0.25) is 4.99 Å². The molecule has 0 aromatic heterocycles. The van der Waals surface area contributed by atoms with Crippen LogP contribution in [0, 0.1) is 0 Å². The largest absolute Gasteiger partial charge is 0.355 e. The Morgan fingerprint density at radius 1 is 1.53 bits per heavy atom. The van der Waals surface area contributed by atoms with Crippen LogP contribution in [0.3, 0.4) is 0 Å².